The minimum absolute atomic E-state index is 0.107. The summed E-state index contributed by atoms with van der Waals surface area (Å²) in [6.07, 6.45) is 1.75. The minimum Gasteiger partial charge on any atom is -0.491 e. The predicted octanol–water partition coefficient (Wildman–Crippen LogP) is 1.17. The molecule has 0 aromatic heterocycles. The SMILES string of the molecule is C=CCc1ccccc1OCC(O)CN(C)CC(=O)O. The smallest absolute Gasteiger partial charge is 0.317 e. The number of carboxylic acids is 1. The second-order valence-corrected chi connectivity index (χ2v) is 4.66. The fourth-order valence-electron chi connectivity index (χ4n) is 1.86. The third-order valence-corrected chi connectivity index (χ3v) is 2.70. The van der Waals surface area contributed by atoms with Crippen LogP contribution < -0.4 is 4.74 Å². The van der Waals surface area contributed by atoms with Gasteiger partial charge in [-0.05, 0) is 25.1 Å². The lowest BCUT2D eigenvalue weighted by Gasteiger charge is -2.19. The molecule has 5 heteroatoms. The topological polar surface area (TPSA) is 70.0 Å². The van der Waals surface area contributed by atoms with E-state index in [1.165, 1.54) is 4.90 Å². The highest BCUT2D eigenvalue weighted by molar-refractivity contribution is 5.69. The van der Waals surface area contributed by atoms with E-state index in [4.69, 9.17) is 9.84 Å². The van der Waals surface area contributed by atoms with Crippen LogP contribution in [-0.4, -0.2) is 53.9 Å². The van der Waals surface area contributed by atoms with Gasteiger partial charge >= 0.3 is 5.97 Å². The number of ether oxygens (including phenoxy) is 1. The first-order valence-electron chi connectivity index (χ1n) is 6.43. The molecule has 1 aromatic rings. The minimum atomic E-state index is -0.919. The van der Waals surface area contributed by atoms with E-state index in [9.17, 15) is 9.90 Å². The number of aliphatic hydroxyl groups excluding tert-OH is 1. The van der Waals surface area contributed by atoms with Gasteiger partial charge in [0.1, 0.15) is 18.5 Å². The van der Waals surface area contributed by atoms with Crippen LogP contribution in [0.15, 0.2) is 36.9 Å². The average molecular weight is 279 g/mol. The standard InChI is InChI=1S/C15H21NO4/c1-3-6-12-7-4-5-8-14(12)20-11-13(17)9-16(2)10-15(18)19/h3-5,7-8,13,17H,1,6,9-11H2,2H3,(H,18,19). The van der Waals surface area contributed by atoms with Crippen molar-refractivity contribution in [1.29, 1.82) is 0 Å². The van der Waals surface area contributed by atoms with E-state index in [0.717, 1.165) is 5.56 Å². The van der Waals surface area contributed by atoms with Gasteiger partial charge in [-0.3, -0.25) is 9.69 Å². The molecule has 0 aliphatic rings. The van der Waals surface area contributed by atoms with E-state index in [-0.39, 0.29) is 19.7 Å². The Bertz CT molecular complexity index is 447. The molecule has 0 fully saturated rings. The summed E-state index contributed by atoms with van der Waals surface area (Å²) in [7, 11) is 1.64. The van der Waals surface area contributed by atoms with Crippen LogP contribution in [0.4, 0.5) is 0 Å². The number of aliphatic carboxylic acids is 1. The van der Waals surface area contributed by atoms with Gasteiger partial charge in [0.05, 0.1) is 6.54 Å². The molecule has 0 aliphatic heterocycles. The average Bonchev–Trinajstić information content (AvgIpc) is 2.37. The van der Waals surface area contributed by atoms with E-state index < -0.39 is 12.1 Å². The summed E-state index contributed by atoms with van der Waals surface area (Å²) >= 11 is 0. The number of allylic oxidation sites excluding steroid dienone is 1. The number of rotatable bonds is 9. The van der Waals surface area contributed by atoms with Gasteiger partial charge in [0.25, 0.3) is 0 Å². The number of hydrogen-bond acceptors (Lipinski definition) is 4. The molecule has 1 atom stereocenters. The molecular weight excluding hydrogens is 258 g/mol. The van der Waals surface area contributed by atoms with Gasteiger partial charge in [0.15, 0.2) is 0 Å². The number of benzene rings is 1. The summed E-state index contributed by atoms with van der Waals surface area (Å²) < 4.78 is 5.59. The lowest BCUT2D eigenvalue weighted by Crippen LogP contribution is -2.36. The lowest BCUT2D eigenvalue weighted by molar-refractivity contribution is -0.138. The second-order valence-electron chi connectivity index (χ2n) is 4.66. The van der Waals surface area contributed by atoms with Crippen LogP contribution in [0.2, 0.25) is 0 Å². The maximum Gasteiger partial charge on any atom is 0.317 e. The van der Waals surface area contributed by atoms with Crippen molar-refractivity contribution < 1.29 is 19.7 Å². The summed E-state index contributed by atoms with van der Waals surface area (Å²) in [5.74, 6) is -0.204. The van der Waals surface area contributed by atoms with E-state index in [0.29, 0.717) is 12.2 Å². The number of aliphatic hydroxyl groups is 1. The molecule has 0 amide bonds. The van der Waals surface area contributed by atoms with Crippen molar-refractivity contribution in [3.8, 4) is 5.75 Å². The Morgan fingerprint density at radius 3 is 2.85 bits per heavy atom. The zero-order valence-electron chi connectivity index (χ0n) is 11.7. The molecule has 0 saturated heterocycles. The zero-order chi connectivity index (χ0) is 15.0. The zero-order valence-corrected chi connectivity index (χ0v) is 11.7. The first kappa shape index (κ1) is 16.2. The van der Waals surface area contributed by atoms with Gasteiger partial charge in [-0.2, -0.15) is 0 Å². The first-order chi connectivity index (χ1) is 9.52. The summed E-state index contributed by atoms with van der Waals surface area (Å²) in [4.78, 5) is 12.1. The van der Waals surface area contributed by atoms with Crippen LogP contribution in [0.25, 0.3) is 0 Å². The molecule has 5 nitrogen and oxygen atoms in total. The fourth-order valence-corrected chi connectivity index (χ4v) is 1.86. The Labute approximate surface area is 119 Å². The Hall–Kier alpha value is -1.85. The quantitative estimate of drug-likeness (QED) is 0.664. The van der Waals surface area contributed by atoms with Gasteiger partial charge in [-0.25, -0.2) is 0 Å². The number of carboxylic acid groups (broad SMARTS) is 1. The summed E-state index contributed by atoms with van der Waals surface area (Å²) in [5, 5.41) is 18.5. The van der Waals surface area contributed by atoms with Crippen molar-refractivity contribution in [2.45, 2.75) is 12.5 Å². The molecule has 2 N–H and O–H groups in total. The van der Waals surface area contributed by atoms with Crippen LogP contribution in [0.1, 0.15) is 5.56 Å². The Balaban J connectivity index is 2.46. The maximum absolute atomic E-state index is 10.5. The van der Waals surface area contributed by atoms with Crippen molar-refractivity contribution in [3.63, 3.8) is 0 Å². The van der Waals surface area contributed by atoms with Crippen molar-refractivity contribution in [2.75, 3.05) is 26.7 Å². The molecule has 1 aromatic carbocycles. The molecule has 0 heterocycles. The van der Waals surface area contributed by atoms with Crippen LogP contribution in [0.5, 0.6) is 5.75 Å². The molecule has 0 spiro atoms. The van der Waals surface area contributed by atoms with Crippen molar-refractivity contribution in [3.05, 3.63) is 42.5 Å². The monoisotopic (exact) mass is 279 g/mol. The third kappa shape index (κ3) is 5.86. The van der Waals surface area contributed by atoms with E-state index in [1.807, 2.05) is 24.3 Å². The van der Waals surface area contributed by atoms with Gasteiger partial charge in [0, 0.05) is 6.54 Å². The van der Waals surface area contributed by atoms with Gasteiger partial charge in [-0.15, -0.1) is 6.58 Å². The Morgan fingerprint density at radius 1 is 1.50 bits per heavy atom. The Morgan fingerprint density at radius 2 is 2.20 bits per heavy atom. The van der Waals surface area contributed by atoms with Gasteiger partial charge in [0.2, 0.25) is 0 Å². The molecule has 0 bridgehead atoms. The van der Waals surface area contributed by atoms with Gasteiger partial charge in [-0.1, -0.05) is 24.3 Å². The Kier molecular flexibility index (Phi) is 6.76. The van der Waals surface area contributed by atoms with Crippen LogP contribution >= 0.6 is 0 Å². The van der Waals surface area contributed by atoms with Crippen LogP contribution in [0.3, 0.4) is 0 Å². The highest BCUT2D eigenvalue weighted by Gasteiger charge is 2.12. The van der Waals surface area contributed by atoms with Crippen LogP contribution in [0, 0.1) is 0 Å². The lowest BCUT2D eigenvalue weighted by atomic mass is 10.1. The number of carbonyl (C=O) groups is 1. The third-order valence-electron chi connectivity index (χ3n) is 2.70. The van der Waals surface area contributed by atoms with E-state index >= 15 is 0 Å². The number of para-hydroxylation sites is 1. The number of likely N-dealkylation sites (N-methyl/N-ethyl adjacent to an activating group) is 1. The van der Waals surface area contributed by atoms with Crippen molar-refractivity contribution in [2.24, 2.45) is 0 Å². The van der Waals surface area contributed by atoms with Crippen molar-refractivity contribution >= 4 is 5.97 Å². The molecule has 110 valence electrons. The summed E-state index contributed by atoms with van der Waals surface area (Å²) in [5.41, 5.74) is 1.01. The summed E-state index contributed by atoms with van der Waals surface area (Å²) in [6, 6.07) is 7.57. The molecule has 0 radical (unpaired) electrons. The molecule has 0 aliphatic carbocycles. The van der Waals surface area contributed by atoms with Crippen molar-refractivity contribution in [1.82, 2.24) is 4.90 Å². The van der Waals surface area contributed by atoms with Gasteiger partial charge < -0.3 is 14.9 Å². The molecule has 1 rings (SSSR count). The first-order valence-corrected chi connectivity index (χ1v) is 6.43. The highest BCUT2D eigenvalue weighted by atomic mass is 16.5. The van der Waals surface area contributed by atoms with E-state index in [1.54, 1.807) is 13.1 Å². The number of nitrogens with zero attached hydrogens (tertiary/aromatic N) is 1. The molecule has 20 heavy (non-hydrogen) atoms. The normalized spacial score (nSPS) is 12.2. The number of hydrogen-bond donors (Lipinski definition) is 2. The molecular formula is C15H21NO4. The fraction of sp³-hybridized carbons (Fsp3) is 0.400. The predicted molar refractivity (Wildman–Crippen MR) is 77.0 cm³/mol. The second kappa shape index (κ2) is 8.35. The highest BCUT2D eigenvalue weighted by Crippen LogP contribution is 2.18. The summed E-state index contributed by atoms with van der Waals surface area (Å²) in [6.45, 7) is 3.95. The van der Waals surface area contributed by atoms with Crippen LogP contribution in [-0.2, 0) is 11.2 Å². The molecule has 0 saturated carbocycles. The maximum atomic E-state index is 10.5. The largest absolute Gasteiger partial charge is 0.491 e. The molecule has 1 unspecified atom stereocenters. The van der Waals surface area contributed by atoms with E-state index in [2.05, 4.69) is 6.58 Å².